The van der Waals surface area contributed by atoms with Crippen LogP contribution >= 0.6 is 11.3 Å². The van der Waals surface area contributed by atoms with Crippen molar-refractivity contribution in [3.63, 3.8) is 0 Å². The number of rotatable bonds is 7. The van der Waals surface area contributed by atoms with E-state index in [1.54, 1.807) is 11.3 Å². The van der Waals surface area contributed by atoms with Gasteiger partial charge in [-0.25, -0.2) is 15.0 Å². The fourth-order valence-electron chi connectivity index (χ4n) is 11.1. The number of aryl methyl sites for hydroxylation is 2. The van der Waals surface area contributed by atoms with Gasteiger partial charge in [-0.2, -0.15) is 0 Å². The number of para-hydroxylation sites is 1. The Morgan fingerprint density at radius 2 is 0.972 bits per heavy atom. The number of nitrogens with zero attached hydrogens (tertiary/aromatic N) is 4. The number of fused-ring (bicyclic) bond motifs is 12. The second-order valence-electron chi connectivity index (χ2n) is 18.6. The van der Waals surface area contributed by atoms with E-state index in [9.17, 15) is 0 Å². The van der Waals surface area contributed by atoms with Crippen LogP contribution in [0.4, 0.5) is 0 Å². The van der Waals surface area contributed by atoms with E-state index in [1.165, 1.54) is 80.5 Å². The highest BCUT2D eigenvalue weighted by Crippen LogP contribution is 2.44. The van der Waals surface area contributed by atoms with Crippen molar-refractivity contribution < 1.29 is 0 Å². The van der Waals surface area contributed by atoms with Crippen LogP contribution in [0.5, 0.6) is 0 Å². The van der Waals surface area contributed by atoms with Crippen molar-refractivity contribution in [2.45, 2.75) is 20.3 Å². The molecule has 0 N–H and O–H groups in total. The van der Waals surface area contributed by atoms with E-state index in [0.717, 1.165) is 56.0 Å². The first-order chi connectivity index (χ1) is 35.1. The molecule has 3 heterocycles. The van der Waals surface area contributed by atoms with E-state index >= 15 is 0 Å². The largest absolute Gasteiger partial charge is 0.309 e. The molecule has 0 radical (unpaired) electrons. The molecule has 0 fully saturated rings. The molecule has 14 aromatic rings. The van der Waals surface area contributed by atoms with Crippen LogP contribution in [0.3, 0.4) is 0 Å². The Morgan fingerprint density at radius 3 is 1.82 bits per heavy atom. The standard InChI is InChI=1S/C66H44N4S/c1-3-41-28-29-43(36-56(41)47-19-8-7-16-40(47)2)44-31-35-60-57(37-44)51-22-11-13-26-59(51)70(60)46-32-34-50-48-20-9-10-21-49(48)54-24-15-25-55(63(54)58(50)39-46)66-68-64(42-17-5-4-6-18-42)67-65(69-66)45-30-33-53-52-23-12-14-27-61(52)71-62(53)38-45/h4-39H,3H2,1-2H3. The molecule has 4 nitrogen and oxygen atoms in total. The van der Waals surface area contributed by atoms with Crippen LogP contribution in [-0.2, 0) is 6.42 Å². The van der Waals surface area contributed by atoms with Gasteiger partial charge in [-0.3, -0.25) is 0 Å². The average Bonchev–Trinajstić information content (AvgIpc) is 3.98. The number of benzene rings is 11. The smallest absolute Gasteiger partial charge is 0.164 e. The van der Waals surface area contributed by atoms with Gasteiger partial charge in [-0.15, -0.1) is 11.3 Å². The molecule has 334 valence electrons. The monoisotopic (exact) mass is 924 g/mol. The van der Waals surface area contributed by atoms with Gasteiger partial charge in [-0.05, 0) is 122 Å². The van der Waals surface area contributed by atoms with E-state index in [1.807, 2.05) is 18.2 Å². The first-order valence-corrected chi connectivity index (χ1v) is 25.2. The lowest BCUT2D eigenvalue weighted by atomic mass is 9.91. The summed E-state index contributed by atoms with van der Waals surface area (Å²) in [5, 5.41) is 12.0. The molecule has 71 heavy (non-hydrogen) atoms. The lowest BCUT2D eigenvalue weighted by Crippen LogP contribution is -2.01. The summed E-state index contributed by atoms with van der Waals surface area (Å²) in [7, 11) is 0. The van der Waals surface area contributed by atoms with Gasteiger partial charge in [0, 0.05) is 58.7 Å². The Labute approximate surface area is 414 Å². The van der Waals surface area contributed by atoms with Gasteiger partial charge in [0.05, 0.1) is 11.0 Å². The summed E-state index contributed by atoms with van der Waals surface area (Å²) < 4.78 is 4.92. The molecule has 0 aliphatic rings. The summed E-state index contributed by atoms with van der Waals surface area (Å²) in [6.45, 7) is 4.45. The van der Waals surface area contributed by atoms with Gasteiger partial charge >= 0.3 is 0 Å². The van der Waals surface area contributed by atoms with Crippen molar-refractivity contribution >= 4 is 85.6 Å². The Kier molecular flexibility index (Phi) is 9.55. The summed E-state index contributed by atoms with van der Waals surface area (Å²) in [5.41, 5.74) is 13.9. The zero-order valence-corrected chi connectivity index (χ0v) is 40.0. The lowest BCUT2D eigenvalue weighted by Gasteiger charge is -2.16. The fraction of sp³-hybridized carbons (Fsp3) is 0.0455. The van der Waals surface area contributed by atoms with Crippen LogP contribution in [0.2, 0.25) is 0 Å². The third kappa shape index (κ3) is 6.69. The average molecular weight is 925 g/mol. The molecule has 0 aliphatic heterocycles. The maximum atomic E-state index is 5.40. The maximum absolute atomic E-state index is 5.40. The Morgan fingerprint density at radius 1 is 0.366 bits per heavy atom. The van der Waals surface area contributed by atoms with Crippen molar-refractivity contribution in [1.82, 2.24) is 19.5 Å². The first-order valence-electron chi connectivity index (χ1n) is 24.4. The van der Waals surface area contributed by atoms with E-state index in [0.29, 0.717) is 17.5 Å². The van der Waals surface area contributed by atoms with Gasteiger partial charge in [-0.1, -0.05) is 177 Å². The molecule has 0 saturated carbocycles. The molecule has 14 rings (SSSR count). The van der Waals surface area contributed by atoms with Crippen molar-refractivity contribution in [3.05, 3.63) is 230 Å². The minimum absolute atomic E-state index is 0.639. The van der Waals surface area contributed by atoms with Crippen LogP contribution in [0.25, 0.3) is 136 Å². The zero-order chi connectivity index (χ0) is 47.2. The quantitative estimate of drug-likeness (QED) is 0.150. The van der Waals surface area contributed by atoms with E-state index in [4.69, 9.17) is 15.0 Å². The van der Waals surface area contributed by atoms with Gasteiger partial charge < -0.3 is 4.57 Å². The second-order valence-corrected chi connectivity index (χ2v) is 19.7. The molecule has 0 bridgehead atoms. The Bertz CT molecular complexity index is 4470. The molecule has 11 aromatic carbocycles. The van der Waals surface area contributed by atoms with Crippen molar-refractivity contribution in [2.75, 3.05) is 0 Å². The number of hydrogen-bond acceptors (Lipinski definition) is 4. The third-order valence-electron chi connectivity index (χ3n) is 14.6. The molecule has 5 heteroatoms. The predicted molar refractivity (Wildman–Crippen MR) is 301 cm³/mol. The number of thiophene rings is 1. The summed E-state index contributed by atoms with van der Waals surface area (Å²) in [4.78, 5) is 15.9. The van der Waals surface area contributed by atoms with Crippen molar-refractivity contribution in [1.29, 1.82) is 0 Å². The zero-order valence-electron chi connectivity index (χ0n) is 39.2. The highest BCUT2D eigenvalue weighted by atomic mass is 32.1. The second kappa shape index (κ2) is 16.4. The third-order valence-corrected chi connectivity index (χ3v) is 15.7. The molecular formula is C66H44N4S. The molecule has 0 aliphatic carbocycles. The fourth-order valence-corrected chi connectivity index (χ4v) is 12.3. The molecule has 0 amide bonds. The maximum Gasteiger partial charge on any atom is 0.164 e. The molecule has 0 unspecified atom stereocenters. The molecule has 0 atom stereocenters. The molecule has 3 aromatic heterocycles. The normalized spacial score (nSPS) is 11.9. The predicted octanol–water partition coefficient (Wildman–Crippen LogP) is 18.0. The van der Waals surface area contributed by atoms with E-state index in [2.05, 4.69) is 219 Å². The highest BCUT2D eigenvalue weighted by Gasteiger charge is 2.21. The summed E-state index contributed by atoms with van der Waals surface area (Å²) >= 11 is 1.80. The van der Waals surface area contributed by atoms with E-state index < -0.39 is 0 Å². The molecular weight excluding hydrogens is 881 g/mol. The number of hydrogen-bond donors (Lipinski definition) is 0. The topological polar surface area (TPSA) is 43.6 Å². The minimum Gasteiger partial charge on any atom is -0.309 e. The van der Waals surface area contributed by atoms with E-state index in [-0.39, 0.29) is 0 Å². The van der Waals surface area contributed by atoms with Gasteiger partial charge in [0.2, 0.25) is 0 Å². The Balaban J connectivity index is 0.982. The van der Waals surface area contributed by atoms with Crippen LogP contribution in [0, 0.1) is 6.92 Å². The molecule has 0 spiro atoms. The number of aromatic nitrogens is 4. The van der Waals surface area contributed by atoms with Gasteiger partial charge in [0.1, 0.15) is 0 Å². The molecule has 0 saturated heterocycles. The van der Waals surface area contributed by atoms with Crippen LogP contribution < -0.4 is 0 Å². The van der Waals surface area contributed by atoms with Crippen molar-refractivity contribution in [3.8, 4) is 62.1 Å². The first kappa shape index (κ1) is 41.2. The summed E-state index contributed by atoms with van der Waals surface area (Å²) in [6.07, 6.45) is 0.977. The highest BCUT2D eigenvalue weighted by molar-refractivity contribution is 7.25. The van der Waals surface area contributed by atoms with Crippen LogP contribution in [0.1, 0.15) is 18.1 Å². The SMILES string of the molecule is CCc1ccc(-c2ccc3c(c2)c2ccccc2n3-c2ccc3c4ccccc4c4cccc(-c5nc(-c6ccccc6)nc(-c6ccc7c(c6)sc6ccccc67)n5)c4c3c2)cc1-c1ccccc1C. The van der Waals surface area contributed by atoms with Gasteiger partial charge in [0.25, 0.3) is 0 Å². The van der Waals surface area contributed by atoms with Crippen molar-refractivity contribution in [2.24, 2.45) is 0 Å². The van der Waals surface area contributed by atoms with Crippen LogP contribution in [0.15, 0.2) is 218 Å². The van der Waals surface area contributed by atoms with Crippen LogP contribution in [-0.4, -0.2) is 19.5 Å². The summed E-state index contributed by atoms with van der Waals surface area (Å²) in [6, 6.07) is 79.4. The lowest BCUT2D eigenvalue weighted by molar-refractivity contribution is 1.08. The Hall–Kier alpha value is -8.77. The van der Waals surface area contributed by atoms with Gasteiger partial charge in [0.15, 0.2) is 17.5 Å². The summed E-state index contributed by atoms with van der Waals surface area (Å²) in [5.74, 6) is 1.93. The minimum atomic E-state index is 0.639.